The Morgan fingerprint density at radius 1 is 1.14 bits per heavy atom. The third-order valence-corrected chi connectivity index (χ3v) is 4.98. The molecule has 0 spiro atoms. The van der Waals surface area contributed by atoms with Crippen LogP contribution < -0.4 is 10.1 Å². The number of hydrogen-bond donors (Lipinski definition) is 1. The first-order chi connectivity index (χ1) is 13.4. The lowest BCUT2D eigenvalue weighted by atomic mass is 10.0. The van der Waals surface area contributed by atoms with Gasteiger partial charge in [-0.15, -0.1) is 0 Å². The van der Waals surface area contributed by atoms with Crippen molar-refractivity contribution in [3.05, 3.63) is 82.2 Å². The average molecular weight is 377 g/mol. The van der Waals surface area contributed by atoms with Crippen LogP contribution in [0.15, 0.2) is 48.5 Å². The van der Waals surface area contributed by atoms with Crippen molar-refractivity contribution >= 4 is 5.91 Å². The summed E-state index contributed by atoms with van der Waals surface area (Å²) >= 11 is 0. The number of ether oxygens (including phenoxy) is 1. The Kier molecular flexibility index (Phi) is 5.83. The lowest BCUT2D eigenvalue weighted by Crippen LogP contribution is -2.28. The molecule has 28 heavy (non-hydrogen) atoms. The summed E-state index contributed by atoms with van der Waals surface area (Å²) in [4.78, 5) is 13.0. The number of benzene rings is 2. The minimum absolute atomic E-state index is 0.120. The Bertz CT molecular complexity index is 977. The van der Waals surface area contributed by atoms with E-state index in [1.807, 2.05) is 68.8 Å². The second kappa shape index (κ2) is 8.30. The van der Waals surface area contributed by atoms with Crippen molar-refractivity contribution < 1.29 is 9.53 Å². The third-order valence-electron chi connectivity index (χ3n) is 4.98. The first-order valence-electron chi connectivity index (χ1n) is 9.44. The lowest BCUT2D eigenvalue weighted by Gasteiger charge is -2.18. The number of hydrogen-bond acceptors (Lipinski definition) is 3. The lowest BCUT2D eigenvalue weighted by molar-refractivity contribution is 0.0938. The summed E-state index contributed by atoms with van der Waals surface area (Å²) in [6.45, 7) is 8.45. The minimum Gasteiger partial charge on any atom is -0.496 e. The molecule has 0 radical (unpaired) electrons. The summed E-state index contributed by atoms with van der Waals surface area (Å²) in [5, 5.41) is 7.69. The molecule has 3 rings (SSSR count). The van der Waals surface area contributed by atoms with Crippen LogP contribution in [0.5, 0.6) is 5.75 Å². The van der Waals surface area contributed by atoms with Crippen LogP contribution in [-0.2, 0) is 6.54 Å². The number of carbonyl (C=O) groups is 1. The summed E-state index contributed by atoms with van der Waals surface area (Å²) in [5.41, 5.74) is 5.46. The fourth-order valence-electron chi connectivity index (χ4n) is 3.47. The molecule has 146 valence electrons. The Labute approximate surface area is 166 Å². The summed E-state index contributed by atoms with van der Waals surface area (Å²) in [6.07, 6.45) is 0. The number of methoxy groups -OCH3 is 1. The molecule has 1 unspecified atom stereocenters. The third kappa shape index (κ3) is 4.09. The predicted octanol–water partition coefficient (Wildman–Crippen LogP) is 4.36. The van der Waals surface area contributed by atoms with Gasteiger partial charge in [0.2, 0.25) is 0 Å². The van der Waals surface area contributed by atoms with Gasteiger partial charge in [-0.05, 0) is 39.3 Å². The van der Waals surface area contributed by atoms with Gasteiger partial charge in [0.1, 0.15) is 5.75 Å². The van der Waals surface area contributed by atoms with E-state index in [9.17, 15) is 4.79 Å². The molecule has 1 amide bonds. The van der Waals surface area contributed by atoms with Gasteiger partial charge in [0.25, 0.3) is 5.91 Å². The summed E-state index contributed by atoms with van der Waals surface area (Å²) < 4.78 is 7.35. The fraction of sp³-hybridized carbons (Fsp3) is 0.304. The van der Waals surface area contributed by atoms with Gasteiger partial charge in [0.05, 0.1) is 31.0 Å². The maximum absolute atomic E-state index is 13.0. The molecule has 1 atom stereocenters. The summed E-state index contributed by atoms with van der Waals surface area (Å²) in [5.74, 6) is 0.650. The second-order valence-electron chi connectivity index (χ2n) is 7.13. The van der Waals surface area contributed by atoms with Crippen molar-refractivity contribution in [2.24, 2.45) is 0 Å². The topological polar surface area (TPSA) is 56.1 Å². The molecule has 0 aliphatic rings. The van der Waals surface area contributed by atoms with Crippen LogP contribution in [0, 0.1) is 20.8 Å². The average Bonchev–Trinajstić information content (AvgIpc) is 2.95. The van der Waals surface area contributed by atoms with Crippen molar-refractivity contribution in [1.29, 1.82) is 0 Å². The molecule has 0 fully saturated rings. The van der Waals surface area contributed by atoms with Crippen LogP contribution in [0.2, 0.25) is 0 Å². The smallest absolute Gasteiger partial charge is 0.255 e. The molecule has 0 saturated carbocycles. The van der Waals surface area contributed by atoms with Gasteiger partial charge in [0.15, 0.2) is 0 Å². The highest BCUT2D eigenvalue weighted by Gasteiger charge is 2.22. The van der Waals surface area contributed by atoms with Gasteiger partial charge < -0.3 is 10.1 Å². The molecule has 5 heteroatoms. The first kappa shape index (κ1) is 19.7. The molecule has 0 saturated heterocycles. The number of aryl methyl sites for hydroxylation is 2. The predicted molar refractivity (Wildman–Crippen MR) is 111 cm³/mol. The van der Waals surface area contributed by atoms with Crippen LogP contribution in [-0.4, -0.2) is 22.8 Å². The van der Waals surface area contributed by atoms with Crippen LogP contribution >= 0.6 is 0 Å². The van der Waals surface area contributed by atoms with Crippen molar-refractivity contribution in [1.82, 2.24) is 15.1 Å². The Morgan fingerprint density at radius 2 is 1.86 bits per heavy atom. The van der Waals surface area contributed by atoms with E-state index in [1.165, 1.54) is 0 Å². The van der Waals surface area contributed by atoms with Gasteiger partial charge in [-0.1, -0.05) is 48.0 Å². The monoisotopic (exact) mass is 377 g/mol. The van der Waals surface area contributed by atoms with Crippen LogP contribution in [0.25, 0.3) is 0 Å². The number of aromatic nitrogens is 2. The van der Waals surface area contributed by atoms with Gasteiger partial charge >= 0.3 is 0 Å². The fourth-order valence-corrected chi connectivity index (χ4v) is 3.47. The molecular formula is C23H27N3O2. The zero-order valence-corrected chi connectivity index (χ0v) is 17.1. The van der Waals surface area contributed by atoms with E-state index in [2.05, 4.69) is 22.5 Å². The molecule has 0 bridgehead atoms. The zero-order chi connectivity index (χ0) is 20.3. The molecule has 1 aromatic heterocycles. The molecule has 3 aromatic rings. The van der Waals surface area contributed by atoms with Gasteiger partial charge in [0, 0.05) is 11.3 Å². The quantitative estimate of drug-likeness (QED) is 0.694. The van der Waals surface area contributed by atoms with E-state index in [0.717, 1.165) is 33.8 Å². The highest BCUT2D eigenvalue weighted by atomic mass is 16.5. The minimum atomic E-state index is -0.182. The summed E-state index contributed by atoms with van der Waals surface area (Å²) in [7, 11) is 1.64. The second-order valence-corrected chi connectivity index (χ2v) is 7.13. The normalized spacial score (nSPS) is 11.9. The van der Waals surface area contributed by atoms with Crippen molar-refractivity contribution in [2.45, 2.75) is 40.3 Å². The highest BCUT2D eigenvalue weighted by Crippen LogP contribution is 2.26. The van der Waals surface area contributed by atoms with Crippen LogP contribution in [0.1, 0.15) is 51.4 Å². The zero-order valence-electron chi connectivity index (χ0n) is 17.1. The molecule has 0 aliphatic heterocycles. The molecule has 1 N–H and O–H groups in total. The van der Waals surface area contributed by atoms with E-state index >= 15 is 0 Å². The van der Waals surface area contributed by atoms with Crippen molar-refractivity contribution in [3.63, 3.8) is 0 Å². The van der Waals surface area contributed by atoms with Crippen LogP contribution in [0.4, 0.5) is 0 Å². The number of carbonyl (C=O) groups excluding carboxylic acids is 1. The van der Waals surface area contributed by atoms with Crippen molar-refractivity contribution in [3.8, 4) is 5.75 Å². The molecular weight excluding hydrogens is 350 g/mol. The van der Waals surface area contributed by atoms with Gasteiger partial charge in [-0.25, -0.2) is 0 Å². The highest BCUT2D eigenvalue weighted by molar-refractivity contribution is 5.96. The number of rotatable bonds is 6. The molecule has 2 aromatic carbocycles. The molecule has 5 nitrogen and oxygen atoms in total. The number of nitrogens with zero attached hydrogens (tertiary/aromatic N) is 2. The van der Waals surface area contributed by atoms with Gasteiger partial charge in [-0.2, -0.15) is 5.10 Å². The van der Waals surface area contributed by atoms with E-state index in [1.54, 1.807) is 7.11 Å². The maximum Gasteiger partial charge on any atom is 0.255 e. The van der Waals surface area contributed by atoms with Gasteiger partial charge in [-0.3, -0.25) is 9.48 Å². The van der Waals surface area contributed by atoms with Crippen LogP contribution in [0.3, 0.4) is 0 Å². The Morgan fingerprint density at radius 3 is 2.54 bits per heavy atom. The van der Waals surface area contributed by atoms with E-state index in [-0.39, 0.29) is 11.9 Å². The number of nitrogens with one attached hydrogen (secondary N) is 1. The molecule has 0 aliphatic carbocycles. The molecule has 1 heterocycles. The van der Waals surface area contributed by atoms with Crippen molar-refractivity contribution in [2.75, 3.05) is 7.11 Å². The number of amides is 1. The standard InChI is InChI=1S/C23H27N3O2/c1-15-11-12-21(28-5)20(13-15)16(2)24-23(27)22-17(3)25-26(18(22)4)14-19-9-7-6-8-10-19/h6-13,16H,14H2,1-5H3,(H,24,27). The maximum atomic E-state index is 13.0. The largest absolute Gasteiger partial charge is 0.496 e. The summed E-state index contributed by atoms with van der Waals surface area (Å²) in [6, 6.07) is 15.9. The van der Waals surface area contributed by atoms with E-state index in [4.69, 9.17) is 4.74 Å². The SMILES string of the molecule is COc1ccc(C)cc1C(C)NC(=O)c1c(C)nn(Cc2ccccc2)c1C. The first-order valence-corrected chi connectivity index (χ1v) is 9.44. The Hall–Kier alpha value is -3.08. The Balaban J connectivity index is 1.82. The van der Waals surface area contributed by atoms with E-state index < -0.39 is 0 Å². The van der Waals surface area contributed by atoms with E-state index in [0.29, 0.717) is 12.1 Å².